The lowest BCUT2D eigenvalue weighted by atomic mass is 10.2. The van der Waals surface area contributed by atoms with Crippen LogP contribution in [0.4, 0.5) is 5.82 Å². The highest BCUT2D eigenvalue weighted by atomic mass is 16.5. The summed E-state index contributed by atoms with van der Waals surface area (Å²) >= 11 is 0. The molecule has 0 unspecified atom stereocenters. The molecular weight excluding hydrogens is 342 g/mol. The molecular formula is C16H19N5O5. The smallest absolute Gasteiger partial charge is 0.326 e. The van der Waals surface area contributed by atoms with Gasteiger partial charge in [-0.15, -0.1) is 0 Å². The average Bonchev–Trinajstić information content (AvgIpc) is 3.07. The summed E-state index contributed by atoms with van der Waals surface area (Å²) in [6, 6.07) is 8.85. The molecule has 0 bridgehead atoms. The van der Waals surface area contributed by atoms with Gasteiger partial charge in [0.15, 0.2) is 23.2 Å². The molecule has 3 rings (SSSR count). The Hall–Kier alpha value is -2.79. The van der Waals surface area contributed by atoms with Crippen LogP contribution in [0, 0.1) is 0 Å². The number of aromatic nitrogens is 4. The highest BCUT2D eigenvalue weighted by Gasteiger charge is 2.29. The molecule has 2 aromatic heterocycles. The van der Waals surface area contributed by atoms with Gasteiger partial charge in [0.2, 0.25) is 0 Å². The Bertz CT molecular complexity index is 868. The fraction of sp³-hybridized carbons (Fsp3) is 0.312. The Balaban J connectivity index is 1.97. The predicted molar refractivity (Wildman–Crippen MR) is 91.4 cm³/mol. The normalized spacial score (nSPS) is 14.9. The van der Waals surface area contributed by atoms with E-state index in [1.807, 2.05) is 6.07 Å². The van der Waals surface area contributed by atoms with Gasteiger partial charge in [-0.25, -0.2) is 4.98 Å². The van der Waals surface area contributed by atoms with E-state index in [9.17, 15) is 15.3 Å². The van der Waals surface area contributed by atoms with Crippen LogP contribution in [0.25, 0.3) is 11.2 Å². The summed E-state index contributed by atoms with van der Waals surface area (Å²) in [4.78, 5) is 12.3. The number of para-hydroxylation sites is 1. The standard InChI is InChI=1S/C16H19N5O5/c1-25-10(7-22)12(23)15(24)21-8-18-11-13(17)19-16(20-14(11)21)26-9-5-3-2-4-6-9/h2-6,8,10,12,15,22-24H,7H2,1H3,(H2,17,19,20)/t10-,12-,15-/m1/s1. The third-order valence-electron chi connectivity index (χ3n) is 3.83. The molecule has 0 aliphatic carbocycles. The number of benzene rings is 1. The average molecular weight is 361 g/mol. The van der Waals surface area contributed by atoms with E-state index in [1.165, 1.54) is 18.0 Å². The van der Waals surface area contributed by atoms with Crippen LogP contribution in [0.1, 0.15) is 6.23 Å². The molecule has 0 saturated heterocycles. The summed E-state index contributed by atoms with van der Waals surface area (Å²) in [6.07, 6.45) is -2.62. The number of ether oxygens (including phenoxy) is 2. The fourth-order valence-electron chi connectivity index (χ4n) is 2.43. The highest BCUT2D eigenvalue weighted by Crippen LogP contribution is 2.26. The van der Waals surface area contributed by atoms with Crippen LogP contribution in [0.5, 0.6) is 11.8 Å². The number of aliphatic hydroxyl groups excluding tert-OH is 3. The highest BCUT2D eigenvalue weighted by molar-refractivity contribution is 5.82. The largest absolute Gasteiger partial charge is 0.424 e. The maximum atomic E-state index is 10.4. The van der Waals surface area contributed by atoms with Crippen molar-refractivity contribution in [1.29, 1.82) is 0 Å². The van der Waals surface area contributed by atoms with E-state index in [1.54, 1.807) is 24.3 Å². The molecule has 0 aliphatic heterocycles. The molecule has 3 aromatic rings. The number of rotatable bonds is 7. The number of anilines is 1. The fourth-order valence-corrected chi connectivity index (χ4v) is 2.43. The van der Waals surface area contributed by atoms with E-state index in [0.717, 1.165) is 0 Å². The number of nitrogen functional groups attached to an aromatic ring is 1. The SMILES string of the molecule is CO[C@H](CO)[C@@H](O)[C@@H](O)n1cnc2c(N)nc(Oc3ccccc3)nc21. The van der Waals surface area contributed by atoms with Gasteiger partial charge in [0, 0.05) is 7.11 Å². The van der Waals surface area contributed by atoms with Gasteiger partial charge in [0.1, 0.15) is 18.0 Å². The van der Waals surface area contributed by atoms with Crippen LogP contribution in [-0.4, -0.2) is 60.8 Å². The number of hydrogen-bond donors (Lipinski definition) is 4. The maximum absolute atomic E-state index is 10.4. The third kappa shape index (κ3) is 3.44. The Kier molecular flexibility index (Phi) is 5.28. The predicted octanol–water partition coefficient (Wildman–Crippen LogP) is 0.0599. The molecule has 26 heavy (non-hydrogen) atoms. The summed E-state index contributed by atoms with van der Waals surface area (Å²) in [5, 5.41) is 29.8. The number of aliphatic hydroxyl groups is 3. The quantitative estimate of drug-likeness (QED) is 0.458. The minimum atomic E-state index is -1.48. The molecule has 10 nitrogen and oxygen atoms in total. The van der Waals surface area contributed by atoms with Crippen molar-refractivity contribution in [2.75, 3.05) is 19.5 Å². The maximum Gasteiger partial charge on any atom is 0.326 e. The van der Waals surface area contributed by atoms with Crippen molar-refractivity contribution in [3.05, 3.63) is 36.7 Å². The first-order valence-corrected chi connectivity index (χ1v) is 7.78. The molecule has 138 valence electrons. The molecule has 0 fully saturated rings. The number of nitrogens with two attached hydrogens (primary N) is 1. The van der Waals surface area contributed by atoms with Gasteiger partial charge in [-0.2, -0.15) is 9.97 Å². The summed E-state index contributed by atoms with van der Waals surface area (Å²) in [5.41, 5.74) is 6.31. The first-order valence-electron chi connectivity index (χ1n) is 7.78. The first kappa shape index (κ1) is 18.0. The minimum Gasteiger partial charge on any atom is -0.424 e. The summed E-state index contributed by atoms with van der Waals surface area (Å²) in [5.74, 6) is 0.574. The number of nitrogens with zero attached hydrogens (tertiary/aromatic N) is 4. The van der Waals surface area contributed by atoms with Gasteiger partial charge in [0.05, 0.1) is 12.9 Å². The molecule has 5 N–H and O–H groups in total. The van der Waals surface area contributed by atoms with Crippen LogP contribution < -0.4 is 10.5 Å². The monoisotopic (exact) mass is 361 g/mol. The number of imidazole rings is 1. The number of methoxy groups -OCH3 is 1. The van der Waals surface area contributed by atoms with Crippen molar-refractivity contribution in [3.8, 4) is 11.8 Å². The first-order chi connectivity index (χ1) is 12.5. The zero-order valence-corrected chi connectivity index (χ0v) is 13.9. The van der Waals surface area contributed by atoms with Crippen LogP contribution in [0.3, 0.4) is 0 Å². The Morgan fingerprint density at radius 2 is 1.92 bits per heavy atom. The molecule has 10 heteroatoms. The van der Waals surface area contributed by atoms with Crippen molar-refractivity contribution < 1.29 is 24.8 Å². The second-order valence-corrected chi connectivity index (χ2v) is 5.49. The van der Waals surface area contributed by atoms with E-state index in [-0.39, 0.29) is 23.0 Å². The van der Waals surface area contributed by atoms with Gasteiger partial charge in [-0.05, 0) is 12.1 Å². The number of fused-ring (bicyclic) bond motifs is 1. The molecule has 0 saturated carbocycles. The zero-order chi connectivity index (χ0) is 18.7. The van der Waals surface area contributed by atoms with E-state index in [4.69, 9.17) is 15.2 Å². The Morgan fingerprint density at radius 3 is 2.58 bits per heavy atom. The number of hydrogen-bond acceptors (Lipinski definition) is 9. The molecule has 3 atom stereocenters. The van der Waals surface area contributed by atoms with Crippen molar-refractivity contribution >= 4 is 17.0 Å². The summed E-state index contributed by atoms with van der Waals surface area (Å²) in [6.45, 7) is -0.471. The van der Waals surface area contributed by atoms with Crippen LogP contribution in [-0.2, 0) is 4.74 Å². The molecule has 0 spiro atoms. The van der Waals surface area contributed by atoms with Crippen molar-refractivity contribution in [1.82, 2.24) is 19.5 Å². The Morgan fingerprint density at radius 1 is 1.19 bits per heavy atom. The van der Waals surface area contributed by atoms with E-state index < -0.39 is 25.0 Å². The van der Waals surface area contributed by atoms with Gasteiger partial charge in [-0.3, -0.25) is 4.57 Å². The van der Waals surface area contributed by atoms with E-state index >= 15 is 0 Å². The van der Waals surface area contributed by atoms with Crippen molar-refractivity contribution in [2.45, 2.75) is 18.4 Å². The summed E-state index contributed by atoms with van der Waals surface area (Å²) < 4.78 is 11.7. The van der Waals surface area contributed by atoms with E-state index in [2.05, 4.69) is 15.0 Å². The summed E-state index contributed by atoms with van der Waals surface area (Å²) in [7, 11) is 1.31. The van der Waals surface area contributed by atoms with Gasteiger partial charge >= 0.3 is 6.01 Å². The van der Waals surface area contributed by atoms with Crippen LogP contribution >= 0.6 is 0 Å². The zero-order valence-electron chi connectivity index (χ0n) is 13.9. The van der Waals surface area contributed by atoms with Crippen molar-refractivity contribution in [2.24, 2.45) is 0 Å². The lowest BCUT2D eigenvalue weighted by Crippen LogP contribution is -2.38. The van der Waals surface area contributed by atoms with Gasteiger partial charge in [-0.1, -0.05) is 18.2 Å². The molecule has 0 amide bonds. The third-order valence-corrected chi connectivity index (χ3v) is 3.83. The van der Waals surface area contributed by atoms with Gasteiger partial charge in [0.25, 0.3) is 0 Å². The van der Waals surface area contributed by atoms with E-state index in [0.29, 0.717) is 5.75 Å². The lowest BCUT2D eigenvalue weighted by Gasteiger charge is -2.25. The molecule has 0 radical (unpaired) electrons. The van der Waals surface area contributed by atoms with Gasteiger partial charge < -0.3 is 30.5 Å². The van der Waals surface area contributed by atoms with Crippen molar-refractivity contribution in [3.63, 3.8) is 0 Å². The lowest BCUT2D eigenvalue weighted by molar-refractivity contribution is -0.116. The molecule has 0 aliphatic rings. The Labute approximate surface area is 148 Å². The second kappa shape index (κ2) is 7.62. The molecule has 2 heterocycles. The topological polar surface area (TPSA) is 149 Å². The van der Waals surface area contributed by atoms with Crippen LogP contribution in [0.15, 0.2) is 36.7 Å². The van der Waals surface area contributed by atoms with Crippen LogP contribution in [0.2, 0.25) is 0 Å². The molecule has 1 aromatic carbocycles. The minimum absolute atomic E-state index is 0.0323. The second-order valence-electron chi connectivity index (χ2n) is 5.49.